The van der Waals surface area contributed by atoms with Gasteiger partial charge in [-0.3, -0.25) is 0 Å². The monoisotopic (exact) mass is 255 g/mol. The first-order valence-corrected chi connectivity index (χ1v) is 5.48. The van der Waals surface area contributed by atoms with Crippen LogP contribution in [0.25, 0.3) is 5.57 Å². The molecule has 2 rings (SSSR count). The molecule has 17 heavy (non-hydrogen) atoms. The molecule has 0 bridgehead atoms. The summed E-state index contributed by atoms with van der Waals surface area (Å²) >= 11 is 0. The quantitative estimate of drug-likeness (QED) is 0.900. The Morgan fingerprint density at radius 2 is 1.76 bits per heavy atom. The van der Waals surface area contributed by atoms with Gasteiger partial charge in [0.2, 0.25) is 0 Å². The summed E-state index contributed by atoms with van der Waals surface area (Å²) in [5.41, 5.74) is 2.32. The van der Waals surface area contributed by atoms with Crippen LogP contribution in [0.5, 0.6) is 11.5 Å². The van der Waals surface area contributed by atoms with Crippen LogP contribution in [0.3, 0.4) is 0 Å². The largest absolute Gasteiger partial charge is 0.496 e. The summed E-state index contributed by atoms with van der Waals surface area (Å²) in [6, 6.07) is 5.87. The zero-order valence-electron chi connectivity index (χ0n) is 10.2. The van der Waals surface area contributed by atoms with Crippen molar-refractivity contribution in [1.82, 2.24) is 5.32 Å². The first-order chi connectivity index (χ1) is 7.86. The summed E-state index contributed by atoms with van der Waals surface area (Å²) < 4.78 is 10.8. The van der Waals surface area contributed by atoms with Gasteiger partial charge in [0, 0.05) is 6.54 Å². The number of ether oxygens (including phenoxy) is 2. The van der Waals surface area contributed by atoms with Crippen LogP contribution in [0.1, 0.15) is 12.0 Å². The fourth-order valence-electron chi connectivity index (χ4n) is 2.00. The van der Waals surface area contributed by atoms with Gasteiger partial charge in [-0.15, -0.1) is 12.4 Å². The summed E-state index contributed by atoms with van der Waals surface area (Å²) in [5.74, 6) is 1.74. The van der Waals surface area contributed by atoms with Crippen molar-refractivity contribution in [3.8, 4) is 11.5 Å². The first-order valence-electron chi connectivity index (χ1n) is 5.48. The third kappa shape index (κ3) is 2.93. The molecule has 0 amide bonds. The van der Waals surface area contributed by atoms with E-state index in [1.807, 2.05) is 18.2 Å². The van der Waals surface area contributed by atoms with Crippen molar-refractivity contribution in [3.05, 3.63) is 29.8 Å². The fraction of sp³-hybridized carbons (Fsp3) is 0.385. The predicted octanol–water partition coefficient (Wildman–Crippen LogP) is 2.50. The molecule has 94 valence electrons. The molecule has 0 saturated carbocycles. The number of methoxy groups -OCH3 is 2. The highest BCUT2D eigenvalue weighted by atomic mass is 35.5. The average Bonchev–Trinajstić information content (AvgIpc) is 2.38. The third-order valence-corrected chi connectivity index (χ3v) is 2.78. The lowest BCUT2D eigenvalue weighted by atomic mass is 10.00. The van der Waals surface area contributed by atoms with E-state index >= 15 is 0 Å². The van der Waals surface area contributed by atoms with Gasteiger partial charge in [-0.25, -0.2) is 0 Å². The standard InChI is InChI=1S/C13H17NO2.ClH/c1-15-11-6-3-7-12(16-2)13(11)10-5-4-8-14-9-10;/h3,5-7,14H,4,8-9H2,1-2H3;1H. The molecule has 1 aliphatic rings. The normalized spacial score (nSPS) is 14.6. The maximum absolute atomic E-state index is 5.39. The average molecular weight is 256 g/mol. The Kier molecular flexibility index (Phi) is 5.32. The summed E-state index contributed by atoms with van der Waals surface area (Å²) in [5, 5.41) is 3.36. The van der Waals surface area contributed by atoms with Crippen LogP contribution < -0.4 is 14.8 Å². The van der Waals surface area contributed by atoms with E-state index in [-0.39, 0.29) is 12.4 Å². The molecule has 0 aromatic heterocycles. The molecular weight excluding hydrogens is 238 g/mol. The highest BCUT2D eigenvalue weighted by Gasteiger charge is 2.15. The minimum atomic E-state index is 0. The van der Waals surface area contributed by atoms with Crippen LogP contribution in [0.15, 0.2) is 24.3 Å². The first kappa shape index (κ1) is 13.9. The van der Waals surface area contributed by atoms with Crippen LogP contribution in [0, 0.1) is 0 Å². The van der Waals surface area contributed by atoms with E-state index in [0.29, 0.717) is 0 Å². The van der Waals surface area contributed by atoms with Crippen molar-refractivity contribution in [2.45, 2.75) is 6.42 Å². The van der Waals surface area contributed by atoms with Gasteiger partial charge in [0.15, 0.2) is 0 Å². The molecule has 1 aromatic carbocycles. The molecule has 1 heterocycles. The van der Waals surface area contributed by atoms with E-state index in [9.17, 15) is 0 Å². The van der Waals surface area contributed by atoms with Crippen LogP contribution >= 0.6 is 12.4 Å². The number of hydrogen-bond donors (Lipinski definition) is 1. The topological polar surface area (TPSA) is 30.5 Å². The van der Waals surface area contributed by atoms with Crippen molar-refractivity contribution < 1.29 is 9.47 Å². The fourth-order valence-corrected chi connectivity index (χ4v) is 2.00. The van der Waals surface area contributed by atoms with E-state index < -0.39 is 0 Å². The molecular formula is C13H18ClNO2. The molecule has 1 aliphatic heterocycles. The maximum atomic E-state index is 5.39. The Bertz CT molecular complexity index is 382. The van der Waals surface area contributed by atoms with Gasteiger partial charge in [0.05, 0.1) is 19.8 Å². The summed E-state index contributed by atoms with van der Waals surface area (Å²) in [6.45, 7) is 1.91. The van der Waals surface area contributed by atoms with Gasteiger partial charge in [0.25, 0.3) is 0 Å². The molecule has 0 spiro atoms. The molecule has 0 atom stereocenters. The lowest BCUT2D eigenvalue weighted by Gasteiger charge is -2.19. The number of hydrogen-bond acceptors (Lipinski definition) is 3. The molecule has 1 aromatic rings. The van der Waals surface area contributed by atoms with E-state index in [1.165, 1.54) is 5.57 Å². The number of rotatable bonds is 3. The molecule has 1 N–H and O–H groups in total. The highest BCUT2D eigenvalue weighted by molar-refractivity contribution is 5.85. The number of halogens is 1. The molecule has 0 saturated heterocycles. The second-order valence-corrected chi connectivity index (χ2v) is 3.73. The van der Waals surface area contributed by atoms with Crippen LogP contribution in [0.2, 0.25) is 0 Å². The zero-order valence-corrected chi connectivity index (χ0v) is 11.0. The van der Waals surface area contributed by atoms with Crippen molar-refractivity contribution in [2.75, 3.05) is 27.3 Å². The molecule has 3 nitrogen and oxygen atoms in total. The van der Waals surface area contributed by atoms with Crippen molar-refractivity contribution >= 4 is 18.0 Å². The Morgan fingerprint density at radius 1 is 1.12 bits per heavy atom. The van der Waals surface area contributed by atoms with E-state index in [0.717, 1.165) is 36.6 Å². The second-order valence-electron chi connectivity index (χ2n) is 3.73. The Labute approximate surface area is 108 Å². The Balaban J connectivity index is 0.00000144. The van der Waals surface area contributed by atoms with Gasteiger partial charge in [-0.05, 0) is 30.7 Å². The Morgan fingerprint density at radius 3 is 2.24 bits per heavy atom. The SMILES string of the molecule is COc1cccc(OC)c1C1=CCCNC1.Cl. The lowest BCUT2D eigenvalue weighted by Crippen LogP contribution is -2.21. The minimum absolute atomic E-state index is 0. The van der Waals surface area contributed by atoms with Crippen LogP contribution in [-0.2, 0) is 0 Å². The van der Waals surface area contributed by atoms with Gasteiger partial charge in [-0.1, -0.05) is 12.1 Å². The number of benzene rings is 1. The maximum Gasteiger partial charge on any atom is 0.130 e. The van der Waals surface area contributed by atoms with E-state index in [2.05, 4.69) is 11.4 Å². The van der Waals surface area contributed by atoms with Crippen LogP contribution in [-0.4, -0.2) is 27.3 Å². The minimum Gasteiger partial charge on any atom is -0.496 e. The Hall–Kier alpha value is -1.19. The molecule has 0 unspecified atom stereocenters. The van der Waals surface area contributed by atoms with Gasteiger partial charge >= 0.3 is 0 Å². The molecule has 0 radical (unpaired) electrons. The van der Waals surface area contributed by atoms with E-state index in [1.54, 1.807) is 14.2 Å². The van der Waals surface area contributed by atoms with Gasteiger partial charge < -0.3 is 14.8 Å². The number of nitrogens with one attached hydrogen (secondary N) is 1. The van der Waals surface area contributed by atoms with Gasteiger partial charge in [0.1, 0.15) is 11.5 Å². The van der Waals surface area contributed by atoms with Crippen molar-refractivity contribution in [1.29, 1.82) is 0 Å². The molecule has 0 aliphatic carbocycles. The highest BCUT2D eigenvalue weighted by Crippen LogP contribution is 2.35. The van der Waals surface area contributed by atoms with Crippen LogP contribution in [0.4, 0.5) is 0 Å². The smallest absolute Gasteiger partial charge is 0.130 e. The van der Waals surface area contributed by atoms with Gasteiger partial charge in [-0.2, -0.15) is 0 Å². The third-order valence-electron chi connectivity index (χ3n) is 2.78. The lowest BCUT2D eigenvalue weighted by molar-refractivity contribution is 0.391. The molecule has 0 fully saturated rings. The summed E-state index contributed by atoms with van der Waals surface area (Å²) in [7, 11) is 3.38. The summed E-state index contributed by atoms with van der Waals surface area (Å²) in [4.78, 5) is 0. The van der Waals surface area contributed by atoms with Crippen molar-refractivity contribution in [3.63, 3.8) is 0 Å². The summed E-state index contributed by atoms with van der Waals surface area (Å²) in [6.07, 6.45) is 3.30. The second kappa shape index (κ2) is 6.52. The van der Waals surface area contributed by atoms with Crippen molar-refractivity contribution in [2.24, 2.45) is 0 Å². The predicted molar refractivity (Wildman–Crippen MR) is 72.3 cm³/mol. The zero-order chi connectivity index (χ0) is 11.4. The van der Waals surface area contributed by atoms with E-state index in [4.69, 9.17) is 9.47 Å². The molecule has 4 heteroatoms.